The molecule has 3 N–H and O–H groups in total. The maximum absolute atomic E-state index is 5.36. The third-order valence-electron chi connectivity index (χ3n) is 2.37. The van der Waals surface area contributed by atoms with Crippen molar-refractivity contribution in [1.82, 2.24) is 14.9 Å². The molecule has 0 atom stereocenters. The van der Waals surface area contributed by atoms with E-state index in [4.69, 9.17) is 5.84 Å². The van der Waals surface area contributed by atoms with E-state index in [9.17, 15) is 0 Å². The van der Waals surface area contributed by atoms with Gasteiger partial charge in [0.2, 0.25) is 0 Å². The second-order valence-electron chi connectivity index (χ2n) is 4.08. The van der Waals surface area contributed by atoms with Gasteiger partial charge in [0, 0.05) is 13.6 Å². The first-order valence-electron chi connectivity index (χ1n) is 5.39. The van der Waals surface area contributed by atoms with Gasteiger partial charge in [0.05, 0.1) is 0 Å². The normalized spacial score (nSPS) is 10.7. The highest BCUT2D eigenvalue weighted by atomic mass is 79.9. The van der Waals surface area contributed by atoms with Gasteiger partial charge >= 0.3 is 0 Å². The molecule has 0 unspecified atom stereocenters. The fraction of sp³-hybridized carbons (Fsp3) is 0.600. The third-order valence-corrected chi connectivity index (χ3v) is 3.10. The summed E-state index contributed by atoms with van der Waals surface area (Å²) in [4.78, 5) is 12.5. The minimum absolute atomic E-state index is 0.592. The van der Waals surface area contributed by atoms with E-state index in [1.165, 1.54) is 6.33 Å². The number of rotatable bonds is 6. The number of aromatic nitrogens is 2. The molecule has 17 heavy (non-hydrogen) atoms. The van der Waals surface area contributed by atoms with Gasteiger partial charge in [0.1, 0.15) is 16.6 Å². The fourth-order valence-corrected chi connectivity index (χ4v) is 2.08. The van der Waals surface area contributed by atoms with E-state index in [0.29, 0.717) is 5.82 Å². The van der Waals surface area contributed by atoms with Gasteiger partial charge in [-0.1, -0.05) is 0 Å². The molecule has 1 rings (SSSR count). The topological polar surface area (TPSA) is 70.3 Å². The highest BCUT2D eigenvalue weighted by Crippen LogP contribution is 2.27. The van der Waals surface area contributed by atoms with E-state index in [1.807, 2.05) is 7.05 Å². The summed E-state index contributed by atoms with van der Waals surface area (Å²) >= 11 is 3.44. The van der Waals surface area contributed by atoms with E-state index in [1.54, 1.807) is 0 Å². The lowest BCUT2D eigenvalue weighted by Gasteiger charge is -2.21. The number of anilines is 2. The van der Waals surface area contributed by atoms with Crippen LogP contribution in [0.4, 0.5) is 11.6 Å². The molecule has 0 saturated carbocycles. The Balaban J connectivity index is 2.65. The molecule has 0 saturated heterocycles. The average molecular weight is 303 g/mol. The summed E-state index contributed by atoms with van der Waals surface area (Å²) in [6.45, 7) is 1.98. The Kier molecular flexibility index (Phi) is 5.60. The van der Waals surface area contributed by atoms with Crippen LogP contribution in [0.3, 0.4) is 0 Å². The Labute approximate surface area is 110 Å². The molecule has 0 spiro atoms. The standard InChI is InChI=1S/C10H19BrN6/c1-16(2)5-4-6-17(3)10-8(11)9(15-12)13-7-14-10/h7H,4-6,12H2,1-3H3,(H,13,14,15). The number of nitrogens with zero attached hydrogens (tertiary/aromatic N) is 4. The number of hydrogen-bond donors (Lipinski definition) is 2. The number of nitrogens with two attached hydrogens (primary N) is 1. The molecule has 0 bridgehead atoms. The van der Waals surface area contributed by atoms with Crippen molar-refractivity contribution in [3.63, 3.8) is 0 Å². The van der Waals surface area contributed by atoms with Crippen LogP contribution in [0.25, 0.3) is 0 Å². The summed E-state index contributed by atoms with van der Waals surface area (Å²) in [6, 6.07) is 0. The van der Waals surface area contributed by atoms with Gasteiger partial charge in [-0.25, -0.2) is 15.8 Å². The maximum atomic E-state index is 5.36. The van der Waals surface area contributed by atoms with Crippen molar-refractivity contribution in [2.45, 2.75) is 6.42 Å². The highest BCUT2D eigenvalue weighted by Gasteiger charge is 2.11. The molecule has 7 heteroatoms. The summed E-state index contributed by atoms with van der Waals surface area (Å²) in [7, 11) is 6.14. The van der Waals surface area contributed by atoms with Crippen LogP contribution < -0.4 is 16.2 Å². The molecule has 0 amide bonds. The van der Waals surface area contributed by atoms with Gasteiger partial charge in [-0.2, -0.15) is 0 Å². The molecule has 0 aliphatic rings. The monoisotopic (exact) mass is 302 g/mol. The molecule has 96 valence electrons. The molecule has 0 aromatic carbocycles. The second kappa shape index (κ2) is 6.73. The number of halogens is 1. The smallest absolute Gasteiger partial charge is 0.159 e. The van der Waals surface area contributed by atoms with Crippen molar-refractivity contribution >= 4 is 27.6 Å². The van der Waals surface area contributed by atoms with E-state index in [-0.39, 0.29) is 0 Å². The van der Waals surface area contributed by atoms with E-state index >= 15 is 0 Å². The zero-order chi connectivity index (χ0) is 12.8. The number of hydrogen-bond acceptors (Lipinski definition) is 6. The maximum Gasteiger partial charge on any atom is 0.159 e. The van der Waals surface area contributed by atoms with Crippen molar-refractivity contribution in [1.29, 1.82) is 0 Å². The quantitative estimate of drug-likeness (QED) is 0.601. The molecular weight excluding hydrogens is 284 g/mol. The molecule has 1 aromatic rings. The first-order chi connectivity index (χ1) is 8.06. The molecule has 0 fully saturated rings. The van der Waals surface area contributed by atoms with Crippen molar-refractivity contribution in [2.24, 2.45) is 5.84 Å². The Morgan fingerprint density at radius 1 is 1.29 bits per heavy atom. The van der Waals surface area contributed by atoms with E-state index in [2.05, 4.69) is 55.2 Å². The van der Waals surface area contributed by atoms with Gasteiger partial charge in [-0.3, -0.25) is 0 Å². The van der Waals surface area contributed by atoms with Gasteiger partial charge in [0.15, 0.2) is 5.82 Å². The van der Waals surface area contributed by atoms with Crippen molar-refractivity contribution < 1.29 is 0 Å². The lowest BCUT2D eigenvalue weighted by atomic mass is 10.3. The van der Waals surface area contributed by atoms with Gasteiger partial charge in [0.25, 0.3) is 0 Å². The Bertz CT molecular complexity index is 357. The van der Waals surface area contributed by atoms with Gasteiger partial charge < -0.3 is 15.2 Å². The predicted octanol–water partition coefficient (Wildman–Crippen LogP) is 0.913. The largest absolute Gasteiger partial charge is 0.359 e. The lowest BCUT2D eigenvalue weighted by Crippen LogP contribution is -2.25. The van der Waals surface area contributed by atoms with Crippen molar-refractivity contribution in [3.8, 4) is 0 Å². The highest BCUT2D eigenvalue weighted by molar-refractivity contribution is 9.10. The van der Waals surface area contributed by atoms with Crippen LogP contribution in [0.15, 0.2) is 10.8 Å². The molecule has 1 aromatic heterocycles. The van der Waals surface area contributed by atoms with Crippen LogP contribution >= 0.6 is 15.9 Å². The minimum atomic E-state index is 0.592. The van der Waals surface area contributed by atoms with E-state index < -0.39 is 0 Å². The minimum Gasteiger partial charge on any atom is -0.359 e. The molecule has 1 heterocycles. The Hall–Kier alpha value is -0.920. The van der Waals surface area contributed by atoms with Crippen LogP contribution in [0.1, 0.15) is 6.42 Å². The number of nitrogen functional groups attached to an aromatic ring is 1. The Morgan fingerprint density at radius 3 is 2.59 bits per heavy atom. The zero-order valence-corrected chi connectivity index (χ0v) is 12.0. The summed E-state index contributed by atoms with van der Waals surface area (Å²) in [5.41, 5.74) is 2.53. The SMILES string of the molecule is CN(C)CCCN(C)c1ncnc(NN)c1Br. The van der Waals surface area contributed by atoms with Gasteiger partial charge in [-0.05, 0) is 43.0 Å². The van der Waals surface area contributed by atoms with Crippen LogP contribution in [0.5, 0.6) is 0 Å². The predicted molar refractivity (Wildman–Crippen MR) is 74.0 cm³/mol. The van der Waals surface area contributed by atoms with Crippen molar-refractivity contribution in [2.75, 3.05) is 44.6 Å². The fourth-order valence-electron chi connectivity index (χ4n) is 1.46. The first kappa shape index (κ1) is 14.1. The van der Waals surface area contributed by atoms with Crippen molar-refractivity contribution in [3.05, 3.63) is 10.8 Å². The summed E-state index contributed by atoms with van der Waals surface area (Å²) in [6.07, 6.45) is 2.57. The lowest BCUT2D eigenvalue weighted by molar-refractivity contribution is 0.401. The molecule has 0 aliphatic heterocycles. The molecule has 0 radical (unpaired) electrons. The molecular formula is C10H19BrN6. The van der Waals surface area contributed by atoms with Crippen LogP contribution in [0.2, 0.25) is 0 Å². The summed E-state index contributed by atoms with van der Waals surface area (Å²) < 4.78 is 0.787. The second-order valence-corrected chi connectivity index (χ2v) is 4.88. The number of nitrogens with one attached hydrogen (secondary N) is 1. The van der Waals surface area contributed by atoms with Gasteiger partial charge in [-0.15, -0.1) is 0 Å². The third kappa shape index (κ3) is 4.10. The zero-order valence-electron chi connectivity index (χ0n) is 10.4. The Morgan fingerprint density at radius 2 is 2.00 bits per heavy atom. The van der Waals surface area contributed by atoms with Crippen LogP contribution in [0, 0.1) is 0 Å². The summed E-state index contributed by atoms with van der Waals surface area (Å²) in [5.74, 6) is 6.80. The number of hydrazine groups is 1. The summed E-state index contributed by atoms with van der Waals surface area (Å²) in [5, 5.41) is 0. The molecule has 0 aliphatic carbocycles. The average Bonchev–Trinajstić information content (AvgIpc) is 2.28. The van der Waals surface area contributed by atoms with Crippen LogP contribution in [-0.2, 0) is 0 Å². The molecule has 6 nitrogen and oxygen atoms in total. The van der Waals surface area contributed by atoms with Crippen LogP contribution in [-0.4, -0.2) is 49.1 Å². The first-order valence-corrected chi connectivity index (χ1v) is 6.18. The van der Waals surface area contributed by atoms with E-state index in [0.717, 1.165) is 29.8 Å².